The summed E-state index contributed by atoms with van der Waals surface area (Å²) in [5.41, 5.74) is 0. The Hall–Kier alpha value is -1.49. The fourth-order valence-corrected chi connectivity index (χ4v) is 4.94. The molecule has 1 saturated carbocycles. The van der Waals surface area contributed by atoms with Crippen molar-refractivity contribution in [1.29, 1.82) is 0 Å². The van der Waals surface area contributed by atoms with Gasteiger partial charge in [0.1, 0.15) is 0 Å². The third-order valence-electron chi connectivity index (χ3n) is 4.93. The highest BCUT2D eigenvalue weighted by Gasteiger charge is 2.46. The monoisotopic (exact) mass is 364 g/mol. The molecule has 1 aromatic carbocycles. The van der Waals surface area contributed by atoms with Gasteiger partial charge in [-0.15, -0.1) is 11.8 Å². The summed E-state index contributed by atoms with van der Waals surface area (Å²) < 4.78 is 10.4. The number of rotatable bonds is 8. The maximum atomic E-state index is 12.4. The van der Waals surface area contributed by atoms with Crippen LogP contribution in [0.25, 0.3) is 0 Å². The molecule has 2 rings (SSSR count). The van der Waals surface area contributed by atoms with Gasteiger partial charge >= 0.3 is 11.9 Å². The predicted molar refractivity (Wildman–Crippen MR) is 99.3 cm³/mol. The van der Waals surface area contributed by atoms with E-state index in [1.165, 1.54) is 4.90 Å². The molecule has 0 saturated heterocycles. The van der Waals surface area contributed by atoms with Crippen LogP contribution < -0.4 is 0 Å². The van der Waals surface area contributed by atoms with E-state index in [9.17, 15) is 9.59 Å². The first-order valence-electron chi connectivity index (χ1n) is 9.09. The average Bonchev–Trinajstić information content (AvgIpc) is 2.95. The number of hydrogen-bond acceptors (Lipinski definition) is 5. The molecule has 138 valence electrons. The number of carbonyl (C=O) groups excluding carboxylic acids is 2. The van der Waals surface area contributed by atoms with E-state index < -0.39 is 17.9 Å². The van der Waals surface area contributed by atoms with Crippen molar-refractivity contribution in [3.63, 3.8) is 0 Å². The fourth-order valence-electron chi connectivity index (χ4n) is 3.63. The molecule has 1 aromatic rings. The summed E-state index contributed by atoms with van der Waals surface area (Å²) in [6.45, 7) is 6.30. The molecule has 0 amide bonds. The minimum absolute atomic E-state index is 0.00990. The van der Waals surface area contributed by atoms with Gasteiger partial charge in [0.25, 0.3) is 0 Å². The first-order valence-corrected chi connectivity index (χ1v) is 10.1. The van der Waals surface area contributed by atoms with Crippen LogP contribution in [-0.4, -0.2) is 30.9 Å². The van der Waals surface area contributed by atoms with Crippen molar-refractivity contribution in [2.45, 2.75) is 38.5 Å². The van der Waals surface area contributed by atoms with Crippen LogP contribution in [-0.2, 0) is 19.1 Å². The highest BCUT2D eigenvalue weighted by Crippen LogP contribution is 2.44. The molecule has 4 nitrogen and oxygen atoms in total. The number of carbonyl (C=O) groups is 2. The summed E-state index contributed by atoms with van der Waals surface area (Å²) in [5, 5.41) is 0. The topological polar surface area (TPSA) is 52.6 Å². The summed E-state index contributed by atoms with van der Waals surface area (Å²) >= 11 is 1.79. The number of thioether (sulfide) groups is 1. The highest BCUT2D eigenvalue weighted by atomic mass is 32.2. The lowest BCUT2D eigenvalue weighted by Gasteiger charge is -2.27. The van der Waals surface area contributed by atoms with Crippen LogP contribution in [0.1, 0.15) is 33.6 Å². The van der Waals surface area contributed by atoms with Crippen LogP contribution in [0.5, 0.6) is 0 Å². The maximum absolute atomic E-state index is 12.4. The van der Waals surface area contributed by atoms with Crippen molar-refractivity contribution in [3.05, 3.63) is 30.3 Å². The summed E-state index contributed by atoms with van der Waals surface area (Å²) in [6.07, 6.45) is 1.89. The predicted octanol–water partition coefficient (Wildman–Crippen LogP) is 4.18. The van der Waals surface area contributed by atoms with E-state index in [2.05, 4.69) is 19.1 Å². The SMILES string of the molecule is CCOC(=O)C(C(=O)OCC)C1CC[C@@H](C)C1CSc1ccccc1. The molecule has 1 aliphatic rings. The summed E-state index contributed by atoms with van der Waals surface area (Å²) in [6, 6.07) is 10.2. The molecular weight excluding hydrogens is 336 g/mol. The normalized spacial score (nSPS) is 22.8. The Bertz CT molecular complexity index is 542. The molecule has 1 fully saturated rings. The highest BCUT2D eigenvalue weighted by molar-refractivity contribution is 7.99. The van der Waals surface area contributed by atoms with Crippen LogP contribution in [0.4, 0.5) is 0 Å². The largest absolute Gasteiger partial charge is 0.465 e. The Morgan fingerprint density at radius 3 is 2.24 bits per heavy atom. The summed E-state index contributed by atoms with van der Waals surface area (Å²) in [4.78, 5) is 26.1. The smallest absolute Gasteiger partial charge is 0.320 e. The number of hydrogen-bond donors (Lipinski definition) is 0. The first kappa shape index (κ1) is 19.8. The van der Waals surface area contributed by atoms with Crippen molar-refractivity contribution in [1.82, 2.24) is 0 Å². The van der Waals surface area contributed by atoms with Gasteiger partial charge in [-0.1, -0.05) is 31.5 Å². The molecule has 5 heteroatoms. The van der Waals surface area contributed by atoms with E-state index in [0.717, 1.165) is 18.6 Å². The van der Waals surface area contributed by atoms with Crippen molar-refractivity contribution in [2.24, 2.45) is 23.7 Å². The molecule has 2 unspecified atom stereocenters. The van der Waals surface area contributed by atoms with Gasteiger partial charge in [-0.25, -0.2) is 0 Å². The molecule has 0 spiro atoms. The van der Waals surface area contributed by atoms with Gasteiger partial charge < -0.3 is 9.47 Å². The third kappa shape index (κ3) is 5.24. The standard InChI is InChI=1S/C20H28O4S/c1-4-23-19(21)18(20(22)24-5-2)16-12-11-14(3)17(16)13-25-15-9-7-6-8-10-15/h6-10,14,16-18H,4-5,11-13H2,1-3H3/t14-,16?,17?/m1/s1. The lowest BCUT2D eigenvalue weighted by molar-refractivity contribution is -0.165. The minimum atomic E-state index is -0.800. The molecule has 0 bridgehead atoms. The maximum Gasteiger partial charge on any atom is 0.320 e. The first-order chi connectivity index (χ1) is 12.1. The van der Waals surface area contributed by atoms with E-state index >= 15 is 0 Å². The second-order valence-corrected chi connectivity index (χ2v) is 7.58. The Morgan fingerprint density at radius 2 is 1.68 bits per heavy atom. The van der Waals surface area contributed by atoms with E-state index in [1.54, 1.807) is 25.6 Å². The molecule has 0 N–H and O–H groups in total. The quantitative estimate of drug-likeness (QED) is 0.393. The Balaban J connectivity index is 2.13. The molecule has 0 aromatic heterocycles. The Kier molecular flexibility index (Phi) is 7.82. The number of esters is 2. The summed E-state index contributed by atoms with van der Waals surface area (Å²) in [7, 11) is 0. The van der Waals surface area contributed by atoms with E-state index in [0.29, 0.717) is 11.8 Å². The average molecular weight is 365 g/mol. The van der Waals surface area contributed by atoms with E-state index in [-0.39, 0.29) is 19.1 Å². The van der Waals surface area contributed by atoms with Gasteiger partial charge in [0, 0.05) is 10.6 Å². The zero-order valence-corrected chi connectivity index (χ0v) is 16.1. The molecular formula is C20H28O4S. The zero-order valence-electron chi connectivity index (χ0n) is 15.3. The molecule has 0 aliphatic heterocycles. The van der Waals surface area contributed by atoms with Crippen LogP contribution in [0.2, 0.25) is 0 Å². The molecule has 1 aliphatic carbocycles. The Labute approximate surface area is 154 Å². The lowest BCUT2D eigenvalue weighted by atomic mass is 9.82. The van der Waals surface area contributed by atoms with Gasteiger partial charge in [-0.2, -0.15) is 0 Å². The zero-order chi connectivity index (χ0) is 18.2. The third-order valence-corrected chi connectivity index (χ3v) is 6.09. The molecule has 0 radical (unpaired) electrons. The Morgan fingerprint density at radius 1 is 1.08 bits per heavy atom. The molecule has 25 heavy (non-hydrogen) atoms. The van der Waals surface area contributed by atoms with Crippen molar-refractivity contribution in [3.8, 4) is 0 Å². The van der Waals surface area contributed by atoms with Crippen LogP contribution in [0.15, 0.2) is 35.2 Å². The minimum Gasteiger partial charge on any atom is -0.465 e. The molecule has 3 atom stereocenters. The van der Waals surface area contributed by atoms with Crippen molar-refractivity contribution in [2.75, 3.05) is 19.0 Å². The van der Waals surface area contributed by atoms with Gasteiger partial charge in [-0.3, -0.25) is 9.59 Å². The second-order valence-electron chi connectivity index (χ2n) is 6.49. The van der Waals surface area contributed by atoms with Gasteiger partial charge in [0.05, 0.1) is 13.2 Å². The van der Waals surface area contributed by atoms with Crippen LogP contribution >= 0.6 is 11.8 Å². The van der Waals surface area contributed by atoms with E-state index in [1.807, 2.05) is 18.2 Å². The van der Waals surface area contributed by atoms with Crippen LogP contribution in [0.3, 0.4) is 0 Å². The molecule has 0 heterocycles. The number of ether oxygens (including phenoxy) is 2. The van der Waals surface area contributed by atoms with Gasteiger partial charge in [0.2, 0.25) is 0 Å². The van der Waals surface area contributed by atoms with Gasteiger partial charge in [0.15, 0.2) is 5.92 Å². The lowest BCUT2D eigenvalue weighted by Crippen LogP contribution is -2.37. The summed E-state index contributed by atoms with van der Waals surface area (Å²) in [5.74, 6) is -0.0119. The van der Waals surface area contributed by atoms with E-state index in [4.69, 9.17) is 9.47 Å². The van der Waals surface area contributed by atoms with Gasteiger partial charge in [-0.05, 0) is 50.2 Å². The number of benzene rings is 1. The van der Waals surface area contributed by atoms with Crippen molar-refractivity contribution < 1.29 is 19.1 Å². The van der Waals surface area contributed by atoms with Crippen LogP contribution in [0, 0.1) is 23.7 Å². The second kappa shape index (κ2) is 9.85. The fraction of sp³-hybridized carbons (Fsp3) is 0.600. The van der Waals surface area contributed by atoms with Crippen molar-refractivity contribution >= 4 is 23.7 Å².